The van der Waals surface area contributed by atoms with Gasteiger partial charge in [0.1, 0.15) is 0 Å². The van der Waals surface area contributed by atoms with Crippen LogP contribution in [0.1, 0.15) is 34.1 Å². The summed E-state index contributed by atoms with van der Waals surface area (Å²) in [5.74, 6) is -0.852. The van der Waals surface area contributed by atoms with Crippen LogP contribution >= 0.6 is 0 Å². The Balaban J connectivity index is 4.96. The van der Waals surface area contributed by atoms with Gasteiger partial charge in [-0.05, 0) is 52.3 Å². The maximum Gasteiger partial charge on any atom is 0.335 e. The number of ether oxygens (including phenoxy) is 1. The number of hydrogen-bond donors (Lipinski definition) is 0. The van der Waals surface area contributed by atoms with Gasteiger partial charge in [0.05, 0.1) is 0 Å². The van der Waals surface area contributed by atoms with Gasteiger partial charge in [0.25, 0.3) is 0 Å². The van der Waals surface area contributed by atoms with E-state index in [9.17, 15) is 9.59 Å². The summed E-state index contributed by atoms with van der Waals surface area (Å²) in [7, 11) is -2.37. The molecule has 0 heterocycles. The standard InChI is InChI=1S/C16H28O5Si/c1-8-19-22(7,20-9-2)11-10-14(15(17)12(3)4)21-16(18)13(5)6/h14H,3,5,8-11H2,1-2,4,6-7H3. The maximum atomic E-state index is 12.2. The Hall–Kier alpha value is -1.24. The zero-order valence-electron chi connectivity index (χ0n) is 14.4. The van der Waals surface area contributed by atoms with Crippen LogP contribution in [-0.4, -0.2) is 39.6 Å². The lowest BCUT2D eigenvalue weighted by molar-refractivity contribution is -0.150. The predicted octanol–water partition coefficient (Wildman–Crippen LogP) is 3.15. The maximum absolute atomic E-state index is 12.2. The monoisotopic (exact) mass is 328 g/mol. The lowest BCUT2D eigenvalue weighted by Crippen LogP contribution is -2.41. The molecular weight excluding hydrogens is 300 g/mol. The van der Waals surface area contributed by atoms with E-state index in [2.05, 4.69) is 13.2 Å². The van der Waals surface area contributed by atoms with Crippen molar-refractivity contribution in [3.63, 3.8) is 0 Å². The zero-order valence-corrected chi connectivity index (χ0v) is 15.4. The van der Waals surface area contributed by atoms with Crippen molar-refractivity contribution in [1.82, 2.24) is 0 Å². The van der Waals surface area contributed by atoms with Crippen LogP contribution in [0.2, 0.25) is 12.6 Å². The molecule has 0 N–H and O–H groups in total. The molecule has 0 amide bonds. The minimum absolute atomic E-state index is 0.258. The molecule has 0 aliphatic rings. The summed E-state index contributed by atoms with van der Waals surface area (Å²) in [4.78, 5) is 23.9. The summed E-state index contributed by atoms with van der Waals surface area (Å²) in [5, 5.41) is 0. The van der Waals surface area contributed by atoms with Crippen LogP contribution < -0.4 is 0 Å². The third-order valence-corrected chi connectivity index (χ3v) is 6.07. The van der Waals surface area contributed by atoms with E-state index in [1.54, 1.807) is 13.8 Å². The van der Waals surface area contributed by atoms with E-state index in [1.807, 2.05) is 20.4 Å². The topological polar surface area (TPSA) is 61.8 Å². The molecular formula is C16H28O5Si. The van der Waals surface area contributed by atoms with Crippen molar-refractivity contribution in [2.45, 2.75) is 52.8 Å². The largest absolute Gasteiger partial charge is 0.451 e. The first kappa shape index (κ1) is 20.8. The molecule has 0 radical (unpaired) electrons. The molecule has 22 heavy (non-hydrogen) atoms. The predicted molar refractivity (Wildman–Crippen MR) is 88.8 cm³/mol. The summed E-state index contributed by atoms with van der Waals surface area (Å²) in [5.41, 5.74) is 0.616. The number of esters is 1. The highest BCUT2D eigenvalue weighted by Crippen LogP contribution is 2.20. The molecule has 0 aliphatic heterocycles. The third kappa shape index (κ3) is 7.15. The van der Waals surface area contributed by atoms with E-state index < -0.39 is 20.6 Å². The van der Waals surface area contributed by atoms with Crippen molar-refractivity contribution in [2.75, 3.05) is 13.2 Å². The highest BCUT2D eigenvalue weighted by molar-refractivity contribution is 6.66. The van der Waals surface area contributed by atoms with Crippen molar-refractivity contribution >= 4 is 20.3 Å². The number of carbonyl (C=O) groups excluding carboxylic acids is 2. The zero-order chi connectivity index (χ0) is 17.3. The first-order valence-electron chi connectivity index (χ1n) is 7.51. The Bertz CT molecular complexity index is 424. The summed E-state index contributed by atoms with van der Waals surface area (Å²) >= 11 is 0. The molecule has 0 saturated carbocycles. The van der Waals surface area contributed by atoms with Gasteiger partial charge in [0.15, 0.2) is 11.9 Å². The molecule has 0 bridgehead atoms. The van der Waals surface area contributed by atoms with Crippen LogP contribution in [0, 0.1) is 0 Å². The Morgan fingerprint density at radius 3 is 1.91 bits per heavy atom. The second kappa shape index (κ2) is 9.71. The molecule has 0 aromatic carbocycles. The lowest BCUT2D eigenvalue weighted by atomic mass is 10.1. The molecule has 126 valence electrons. The van der Waals surface area contributed by atoms with Crippen molar-refractivity contribution in [3.05, 3.63) is 24.3 Å². The molecule has 0 aliphatic carbocycles. The molecule has 1 unspecified atom stereocenters. The van der Waals surface area contributed by atoms with E-state index in [-0.39, 0.29) is 11.4 Å². The average Bonchev–Trinajstić information content (AvgIpc) is 2.42. The molecule has 0 aromatic rings. The highest BCUT2D eigenvalue weighted by Gasteiger charge is 2.34. The molecule has 0 saturated heterocycles. The lowest BCUT2D eigenvalue weighted by Gasteiger charge is -2.27. The number of ketones is 1. The van der Waals surface area contributed by atoms with Crippen LogP contribution in [0.25, 0.3) is 0 Å². The second-order valence-corrected chi connectivity index (χ2v) is 8.70. The van der Waals surface area contributed by atoms with Gasteiger partial charge in [-0.2, -0.15) is 0 Å². The van der Waals surface area contributed by atoms with Gasteiger partial charge in [-0.1, -0.05) is 13.2 Å². The fraction of sp³-hybridized carbons (Fsp3) is 0.625. The number of hydrogen-bond acceptors (Lipinski definition) is 5. The Kier molecular flexibility index (Phi) is 9.16. The van der Waals surface area contributed by atoms with Gasteiger partial charge in [-0.15, -0.1) is 0 Å². The van der Waals surface area contributed by atoms with Gasteiger partial charge in [-0.25, -0.2) is 4.79 Å². The van der Waals surface area contributed by atoms with Crippen LogP contribution in [-0.2, 0) is 23.2 Å². The summed E-state index contributed by atoms with van der Waals surface area (Å²) < 4.78 is 16.7. The van der Waals surface area contributed by atoms with Gasteiger partial charge in [0, 0.05) is 18.8 Å². The summed E-state index contributed by atoms with van der Waals surface area (Å²) in [6.07, 6.45) is -0.512. The molecule has 0 aromatic heterocycles. The SMILES string of the molecule is C=C(C)C(=O)OC(CC[Si](C)(OCC)OCC)C(=O)C(=C)C. The molecule has 0 spiro atoms. The van der Waals surface area contributed by atoms with Crippen LogP contribution in [0.4, 0.5) is 0 Å². The Morgan fingerprint density at radius 2 is 1.55 bits per heavy atom. The van der Waals surface area contributed by atoms with E-state index in [4.69, 9.17) is 13.6 Å². The highest BCUT2D eigenvalue weighted by atomic mass is 28.4. The number of carbonyl (C=O) groups is 2. The first-order chi connectivity index (χ1) is 10.2. The second-order valence-electron chi connectivity index (χ2n) is 5.36. The van der Waals surface area contributed by atoms with Crippen molar-refractivity contribution in [3.8, 4) is 0 Å². The summed E-state index contributed by atoms with van der Waals surface area (Å²) in [6, 6.07) is 0.557. The fourth-order valence-electron chi connectivity index (χ4n) is 1.94. The van der Waals surface area contributed by atoms with E-state index in [0.717, 1.165) is 0 Å². The summed E-state index contributed by atoms with van der Waals surface area (Å²) in [6.45, 7) is 17.2. The van der Waals surface area contributed by atoms with Gasteiger partial charge < -0.3 is 13.6 Å². The van der Waals surface area contributed by atoms with Crippen molar-refractivity contribution in [1.29, 1.82) is 0 Å². The molecule has 1 atom stereocenters. The third-order valence-electron chi connectivity index (χ3n) is 3.07. The molecule has 6 heteroatoms. The van der Waals surface area contributed by atoms with Crippen LogP contribution in [0.3, 0.4) is 0 Å². The van der Waals surface area contributed by atoms with Crippen molar-refractivity contribution < 1.29 is 23.2 Å². The van der Waals surface area contributed by atoms with Crippen molar-refractivity contribution in [2.24, 2.45) is 0 Å². The number of rotatable bonds is 11. The smallest absolute Gasteiger partial charge is 0.335 e. The van der Waals surface area contributed by atoms with E-state index in [0.29, 0.717) is 31.3 Å². The normalized spacial score (nSPS) is 12.6. The van der Waals surface area contributed by atoms with Crippen LogP contribution in [0.5, 0.6) is 0 Å². The Labute approximate surface area is 134 Å². The van der Waals surface area contributed by atoms with E-state index in [1.165, 1.54) is 0 Å². The first-order valence-corrected chi connectivity index (χ1v) is 10.0. The van der Waals surface area contributed by atoms with Gasteiger partial charge in [0.2, 0.25) is 0 Å². The Morgan fingerprint density at radius 1 is 1.05 bits per heavy atom. The van der Waals surface area contributed by atoms with Gasteiger partial charge >= 0.3 is 14.5 Å². The minimum Gasteiger partial charge on any atom is -0.451 e. The molecule has 0 rings (SSSR count). The molecule has 0 fully saturated rings. The number of Topliss-reactive ketones (excluding diaryl/α,β-unsaturated/α-hetero) is 1. The fourth-order valence-corrected chi connectivity index (χ4v) is 4.32. The molecule has 5 nitrogen and oxygen atoms in total. The van der Waals surface area contributed by atoms with E-state index >= 15 is 0 Å². The average molecular weight is 328 g/mol. The van der Waals surface area contributed by atoms with Gasteiger partial charge in [-0.3, -0.25) is 4.79 Å². The minimum atomic E-state index is -2.37. The van der Waals surface area contributed by atoms with Crippen LogP contribution in [0.15, 0.2) is 24.3 Å². The quantitative estimate of drug-likeness (QED) is 0.331.